The van der Waals surface area contributed by atoms with Gasteiger partial charge in [0.2, 0.25) is 0 Å². The second-order valence-electron chi connectivity index (χ2n) is 3.77. The van der Waals surface area contributed by atoms with E-state index in [1.54, 1.807) is 0 Å². The first kappa shape index (κ1) is 12.2. The van der Waals surface area contributed by atoms with E-state index in [0.29, 0.717) is 0 Å². The monoisotopic (exact) mass is 224 g/mol. The molecule has 0 fully saturated rings. The molecule has 15 heavy (non-hydrogen) atoms. The summed E-state index contributed by atoms with van der Waals surface area (Å²) in [4.78, 5) is 0. The van der Waals surface area contributed by atoms with Crippen LogP contribution < -0.4 is 11.3 Å². The molecule has 0 bridgehead atoms. The molecule has 0 saturated heterocycles. The van der Waals surface area contributed by atoms with E-state index < -0.39 is 0 Å². The minimum absolute atomic E-state index is 0.166. The van der Waals surface area contributed by atoms with Crippen LogP contribution in [0.15, 0.2) is 36.4 Å². The molecule has 0 radical (unpaired) electrons. The topological polar surface area (TPSA) is 38.0 Å². The van der Waals surface area contributed by atoms with Crippen LogP contribution in [0, 0.1) is 0 Å². The van der Waals surface area contributed by atoms with Crippen molar-refractivity contribution >= 4 is 11.6 Å². The summed E-state index contributed by atoms with van der Waals surface area (Å²) >= 11 is 5.82. The highest BCUT2D eigenvalue weighted by Crippen LogP contribution is 2.21. The molecule has 0 aromatic heterocycles. The molecule has 0 aliphatic rings. The number of allylic oxidation sites excluding steroid dienone is 1. The van der Waals surface area contributed by atoms with Crippen LogP contribution in [0.3, 0.4) is 0 Å². The summed E-state index contributed by atoms with van der Waals surface area (Å²) < 4.78 is 0. The fourth-order valence-electron chi connectivity index (χ4n) is 1.43. The molecule has 0 aliphatic carbocycles. The van der Waals surface area contributed by atoms with Gasteiger partial charge < -0.3 is 0 Å². The Morgan fingerprint density at radius 2 is 2.07 bits per heavy atom. The first-order chi connectivity index (χ1) is 7.13. The van der Waals surface area contributed by atoms with E-state index in [0.717, 1.165) is 23.4 Å². The molecule has 1 aromatic carbocycles. The van der Waals surface area contributed by atoms with Crippen molar-refractivity contribution < 1.29 is 0 Å². The van der Waals surface area contributed by atoms with Crippen LogP contribution in [0.4, 0.5) is 0 Å². The summed E-state index contributed by atoms with van der Waals surface area (Å²) in [5.41, 5.74) is 5.14. The maximum atomic E-state index is 5.82. The molecule has 1 atom stereocenters. The van der Waals surface area contributed by atoms with Crippen LogP contribution in [-0.2, 0) is 0 Å². The normalized spacial score (nSPS) is 12.5. The first-order valence-electron chi connectivity index (χ1n) is 4.99. The Hall–Kier alpha value is -0.830. The van der Waals surface area contributed by atoms with E-state index in [1.807, 2.05) is 31.2 Å². The average Bonchev–Trinajstić information content (AvgIpc) is 2.21. The predicted molar refractivity (Wildman–Crippen MR) is 65.6 cm³/mol. The van der Waals surface area contributed by atoms with E-state index in [2.05, 4.69) is 12.0 Å². The molecule has 0 heterocycles. The number of hydrogen-bond acceptors (Lipinski definition) is 2. The van der Waals surface area contributed by atoms with Gasteiger partial charge in [0, 0.05) is 11.1 Å². The first-order valence-corrected chi connectivity index (χ1v) is 5.37. The number of nitrogens with two attached hydrogens (primary N) is 1. The van der Waals surface area contributed by atoms with Gasteiger partial charge in [-0.25, -0.2) is 0 Å². The maximum Gasteiger partial charge on any atom is 0.0463 e. The summed E-state index contributed by atoms with van der Waals surface area (Å²) in [5.74, 6) is 5.52. The summed E-state index contributed by atoms with van der Waals surface area (Å²) in [6.45, 7) is 5.90. The Kier molecular flexibility index (Phi) is 4.82. The largest absolute Gasteiger partial charge is 0.271 e. The van der Waals surface area contributed by atoms with Crippen LogP contribution >= 0.6 is 11.6 Å². The zero-order chi connectivity index (χ0) is 11.3. The lowest BCUT2D eigenvalue weighted by molar-refractivity contribution is 0.516. The minimum Gasteiger partial charge on any atom is -0.271 e. The molecular formula is C12H17ClN2. The summed E-state index contributed by atoms with van der Waals surface area (Å²) in [6.07, 6.45) is 1.92. The van der Waals surface area contributed by atoms with Crippen molar-refractivity contribution in [2.75, 3.05) is 0 Å². The summed E-state index contributed by atoms with van der Waals surface area (Å²) in [5, 5.41) is 0.745. The molecular weight excluding hydrogens is 208 g/mol. The summed E-state index contributed by atoms with van der Waals surface area (Å²) in [6, 6.07) is 7.90. The minimum atomic E-state index is 0.166. The van der Waals surface area contributed by atoms with Gasteiger partial charge in [-0.1, -0.05) is 29.3 Å². The molecule has 1 aromatic rings. The van der Waals surface area contributed by atoms with Crippen molar-refractivity contribution in [2.24, 2.45) is 5.84 Å². The van der Waals surface area contributed by atoms with Crippen molar-refractivity contribution in [3.05, 3.63) is 47.0 Å². The van der Waals surface area contributed by atoms with Gasteiger partial charge in [0.05, 0.1) is 0 Å². The Bertz CT molecular complexity index is 319. The molecule has 0 spiro atoms. The van der Waals surface area contributed by atoms with E-state index in [9.17, 15) is 0 Å². The second kappa shape index (κ2) is 5.91. The predicted octanol–water partition coefficient (Wildman–Crippen LogP) is 3.20. The molecule has 2 nitrogen and oxygen atoms in total. The van der Waals surface area contributed by atoms with Crippen molar-refractivity contribution in [2.45, 2.75) is 25.8 Å². The van der Waals surface area contributed by atoms with Crippen molar-refractivity contribution in [3.8, 4) is 0 Å². The van der Waals surface area contributed by atoms with Crippen molar-refractivity contribution in [1.82, 2.24) is 5.43 Å². The van der Waals surface area contributed by atoms with Crippen molar-refractivity contribution in [3.63, 3.8) is 0 Å². The number of hydrazine groups is 1. The van der Waals surface area contributed by atoms with Crippen LogP contribution in [0.1, 0.15) is 31.4 Å². The fraction of sp³-hybridized carbons (Fsp3) is 0.333. The van der Waals surface area contributed by atoms with Gasteiger partial charge in [-0.15, -0.1) is 6.58 Å². The van der Waals surface area contributed by atoms with Gasteiger partial charge >= 0.3 is 0 Å². The van der Waals surface area contributed by atoms with E-state index >= 15 is 0 Å². The lowest BCUT2D eigenvalue weighted by Gasteiger charge is -2.16. The third kappa shape index (κ3) is 4.04. The van der Waals surface area contributed by atoms with Gasteiger partial charge in [-0.05, 0) is 37.5 Å². The fourth-order valence-corrected chi connectivity index (χ4v) is 1.56. The Balaban J connectivity index is 2.65. The van der Waals surface area contributed by atoms with Gasteiger partial charge in [0.15, 0.2) is 0 Å². The molecule has 3 heteroatoms. The smallest absolute Gasteiger partial charge is 0.0463 e. The van der Waals surface area contributed by atoms with E-state index in [4.69, 9.17) is 17.4 Å². The third-order valence-corrected chi connectivity index (χ3v) is 2.59. The third-order valence-electron chi connectivity index (χ3n) is 2.33. The highest BCUT2D eigenvalue weighted by Gasteiger charge is 2.08. The highest BCUT2D eigenvalue weighted by molar-refractivity contribution is 6.30. The molecule has 3 N–H and O–H groups in total. The SMILES string of the molecule is C=C(C)CCC(NN)c1ccc(Cl)cc1. The van der Waals surface area contributed by atoms with Crippen LogP contribution in [-0.4, -0.2) is 0 Å². The zero-order valence-corrected chi connectivity index (χ0v) is 9.72. The Labute approximate surface area is 96.1 Å². The van der Waals surface area contributed by atoms with E-state index in [1.165, 1.54) is 5.57 Å². The molecule has 0 amide bonds. The van der Waals surface area contributed by atoms with E-state index in [-0.39, 0.29) is 6.04 Å². The molecule has 1 unspecified atom stereocenters. The lowest BCUT2D eigenvalue weighted by Crippen LogP contribution is -2.27. The van der Waals surface area contributed by atoms with Crippen molar-refractivity contribution in [1.29, 1.82) is 0 Å². The Morgan fingerprint density at radius 3 is 2.53 bits per heavy atom. The quantitative estimate of drug-likeness (QED) is 0.458. The maximum absolute atomic E-state index is 5.82. The number of rotatable bonds is 5. The number of hydrogen-bond donors (Lipinski definition) is 2. The number of benzene rings is 1. The molecule has 0 aliphatic heterocycles. The van der Waals surface area contributed by atoms with Gasteiger partial charge in [-0.3, -0.25) is 11.3 Å². The van der Waals surface area contributed by atoms with Crippen LogP contribution in [0.2, 0.25) is 5.02 Å². The lowest BCUT2D eigenvalue weighted by atomic mass is 10.0. The van der Waals surface area contributed by atoms with Crippen LogP contribution in [0.25, 0.3) is 0 Å². The molecule has 1 rings (SSSR count). The van der Waals surface area contributed by atoms with Crippen LogP contribution in [0.5, 0.6) is 0 Å². The number of nitrogens with one attached hydrogen (secondary N) is 1. The van der Waals surface area contributed by atoms with Gasteiger partial charge in [0.25, 0.3) is 0 Å². The summed E-state index contributed by atoms with van der Waals surface area (Å²) in [7, 11) is 0. The van der Waals surface area contributed by atoms with Gasteiger partial charge in [0.1, 0.15) is 0 Å². The Morgan fingerprint density at radius 1 is 1.47 bits per heavy atom. The second-order valence-corrected chi connectivity index (χ2v) is 4.20. The van der Waals surface area contributed by atoms with Gasteiger partial charge in [-0.2, -0.15) is 0 Å². The average molecular weight is 225 g/mol. The standard InChI is InChI=1S/C12H17ClN2/c1-9(2)3-8-12(15-14)10-4-6-11(13)7-5-10/h4-7,12,15H,1,3,8,14H2,2H3. The zero-order valence-electron chi connectivity index (χ0n) is 8.96. The molecule has 0 saturated carbocycles. The molecule has 82 valence electrons. The number of halogens is 1. The highest BCUT2D eigenvalue weighted by atomic mass is 35.5.